The van der Waals surface area contributed by atoms with Crippen molar-refractivity contribution in [1.29, 1.82) is 0 Å². The molecule has 0 aliphatic carbocycles. The Morgan fingerprint density at radius 3 is 2.05 bits per heavy atom. The van der Waals surface area contributed by atoms with Gasteiger partial charge in [-0.15, -0.1) is 0 Å². The molecule has 2 saturated heterocycles. The predicted octanol–water partition coefficient (Wildman–Crippen LogP) is 7.56. The smallest absolute Gasteiger partial charge is 0.407 e. The van der Waals surface area contributed by atoms with Crippen LogP contribution in [0.1, 0.15) is 90.3 Å². The molecule has 63 heavy (non-hydrogen) atoms. The van der Waals surface area contributed by atoms with Gasteiger partial charge in [-0.05, 0) is 48.9 Å². The van der Waals surface area contributed by atoms with Gasteiger partial charge in [0, 0.05) is 41.5 Å². The summed E-state index contributed by atoms with van der Waals surface area (Å²) in [7, 11) is 2.48. The van der Waals surface area contributed by atoms with Crippen LogP contribution in [0, 0.1) is 17.7 Å². The van der Waals surface area contributed by atoms with E-state index < -0.39 is 54.4 Å². The zero-order valence-electron chi connectivity index (χ0n) is 36.3. The van der Waals surface area contributed by atoms with Crippen molar-refractivity contribution >= 4 is 34.9 Å². The van der Waals surface area contributed by atoms with Crippen LogP contribution in [0.5, 0.6) is 5.75 Å². The molecule has 6 atom stereocenters. The number of aromatic nitrogens is 5. The second-order valence-corrected chi connectivity index (χ2v) is 17.1. The van der Waals surface area contributed by atoms with E-state index in [-0.39, 0.29) is 36.8 Å². The number of halogens is 2. The molecule has 18 heteroatoms. The number of hydrogen-bond acceptors (Lipinski definition) is 9. The van der Waals surface area contributed by atoms with Crippen LogP contribution in [-0.2, 0) is 19.1 Å². The number of likely N-dealkylation sites (tertiary alicyclic amines) is 2. The van der Waals surface area contributed by atoms with Crippen LogP contribution in [0.2, 0.25) is 0 Å². The average molecular weight is 870 g/mol. The average Bonchev–Trinajstić information content (AvgIpc) is 4.14. The second-order valence-electron chi connectivity index (χ2n) is 17.1. The van der Waals surface area contributed by atoms with Gasteiger partial charge in [0.15, 0.2) is 12.0 Å². The molecular weight excluding hydrogens is 817 g/mol. The molecule has 0 radical (unpaired) electrons. The van der Waals surface area contributed by atoms with Crippen LogP contribution in [0.15, 0.2) is 48.8 Å². The molecule has 3 aromatic heterocycles. The monoisotopic (exact) mass is 869 g/mol. The summed E-state index contributed by atoms with van der Waals surface area (Å²) in [6.45, 7) is 9.66. The van der Waals surface area contributed by atoms with Crippen molar-refractivity contribution in [2.75, 3.05) is 27.3 Å². The van der Waals surface area contributed by atoms with Crippen molar-refractivity contribution in [3.05, 3.63) is 66.3 Å². The highest BCUT2D eigenvalue weighted by atomic mass is 19.1. The highest BCUT2D eigenvalue weighted by molar-refractivity contribution is 5.93. The third-order valence-corrected chi connectivity index (χ3v) is 12.4. The molecule has 3 aliphatic heterocycles. The summed E-state index contributed by atoms with van der Waals surface area (Å²) in [5.41, 5.74) is 4.32. The van der Waals surface area contributed by atoms with E-state index in [4.69, 9.17) is 14.2 Å². The summed E-state index contributed by atoms with van der Waals surface area (Å²) in [6.07, 6.45) is 2.14. The van der Waals surface area contributed by atoms with Crippen LogP contribution < -0.4 is 15.4 Å². The first kappa shape index (κ1) is 43.2. The van der Waals surface area contributed by atoms with Gasteiger partial charge < -0.3 is 49.2 Å². The van der Waals surface area contributed by atoms with E-state index in [0.29, 0.717) is 81.5 Å². The van der Waals surface area contributed by atoms with Crippen molar-refractivity contribution in [2.45, 2.75) is 96.9 Å². The Labute approximate surface area is 363 Å². The minimum absolute atomic E-state index is 0.0386. The van der Waals surface area contributed by atoms with Crippen LogP contribution in [-0.4, -0.2) is 104 Å². The van der Waals surface area contributed by atoms with Gasteiger partial charge in [-0.3, -0.25) is 9.59 Å². The molecule has 4 N–H and O–H groups in total. The maximum absolute atomic E-state index is 16.9. The van der Waals surface area contributed by atoms with E-state index in [0.717, 1.165) is 6.42 Å². The number of benzene rings is 2. The molecule has 6 heterocycles. The summed E-state index contributed by atoms with van der Waals surface area (Å²) in [6, 6.07) is 8.35. The summed E-state index contributed by atoms with van der Waals surface area (Å²) in [5, 5.41) is 5.66. The van der Waals surface area contributed by atoms with Crippen LogP contribution in [0.3, 0.4) is 0 Å². The Hall–Kier alpha value is -6.46. The van der Waals surface area contributed by atoms with Gasteiger partial charge in [-0.25, -0.2) is 28.3 Å². The lowest BCUT2D eigenvalue weighted by molar-refractivity contribution is -0.136. The van der Waals surface area contributed by atoms with Crippen LogP contribution >= 0.6 is 0 Å². The normalized spacial score (nSPS) is 20.4. The number of H-pyrrole nitrogens is 2. The van der Waals surface area contributed by atoms with Gasteiger partial charge in [0.2, 0.25) is 11.8 Å². The number of alkyl halides is 1. The number of nitrogens with one attached hydrogen (secondary N) is 4. The summed E-state index contributed by atoms with van der Waals surface area (Å²) >= 11 is 0. The maximum atomic E-state index is 16.9. The molecule has 2 aromatic carbocycles. The number of aromatic amines is 2. The first-order valence-corrected chi connectivity index (χ1v) is 21.4. The standard InChI is InChI=1S/C45H53F2N9O7/c1-8-35-56-31-14-12-24(29-19-48-40(50-29)32-10-9-15-54(32)42(57)37(22(2)3)52-44(59)61-6)16-28(31)36(47)39(56)27-13-11-25(17-34(27)63-35)30-20-49-41(51-30)33-18-26(46)21-55(33)43(58)38(23(4)5)53-45(60)62-7/h11-14,16-17,19-20,22-23,26,32-33,35,37-38H,8-10,15,18,21H2,1-7H3,(H,48,50)(H,49,51)(H,52,59)(H,53,60). The Morgan fingerprint density at radius 2 is 1.44 bits per heavy atom. The molecule has 4 amide bonds. The first-order valence-electron chi connectivity index (χ1n) is 21.4. The minimum atomic E-state index is -1.28. The summed E-state index contributed by atoms with van der Waals surface area (Å²) in [4.78, 5) is 70.5. The number of amides is 4. The lowest BCUT2D eigenvalue weighted by Gasteiger charge is -2.30. The van der Waals surface area contributed by atoms with Gasteiger partial charge in [0.25, 0.3) is 0 Å². The summed E-state index contributed by atoms with van der Waals surface area (Å²) in [5.74, 6) is 0.00714. The van der Waals surface area contributed by atoms with E-state index in [1.165, 1.54) is 19.1 Å². The molecule has 3 aliphatic rings. The molecule has 16 nitrogen and oxygen atoms in total. The van der Waals surface area contributed by atoms with Crippen molar-refractivity contribution in [3.63, 3.8) is 0 Å². The maximum Gasteiger partial charge on any atom is 0.407 e. The van der Waals surface area contributed by atoms with E-state index in [1.54, 1.807) is 43.3 Å². The number of fused-ring (bicyclic) bond motifs is 5. The molecule has 0 saturated carbocycles. The largest absolute Gasteiger partial charge is 0.469 e. The van der Waals surface area contributed by atoms with Crippen molar-refractivity contribution < 1.29 is 42.2 Å². The Bertz CT molecular complexity index is 2550. The quantitative estimate of drug-likeness (QED) is 0.104. The SMILES string of the molecule is CCC1Oc2cc(-c3cnc(C4CC(F)CN4C(=O)C(NC(=O)OC)C(C)C)[nH]3)ccc2-c2c(F)c3cc(-c4cnc(C5CCCN5C(=O)C(NC(=O)OC)C(C)C)[nH]4)ccc3n21. The molecule has 2 fully saturated rings. The Morgan fingerprint density at radius 1 is 0.857 bits per heavy atom. The highest BCUT2D eigenvalue weighted by Crippen LogP contribution is 2.47. The van der Waals surface area contributed by atoms with E-state index in [1.807, 2.05) is 49.6 Å². The van der Waals surface area contributed by atoms with Crippen LogP contribution in [0.25, 0.3) is 44.7 Å². The van der Waals surface area contributed by atoms with Gasteiger partial charge in [-0.2, -0.15) is 0 Å². The fourth-order valence-corrected chi connectivity index (χ4v) is 9.10. The number of alkyl carbamates (subject to hydrolysis) is 2. The van der Waals surface area contributed by atoms with Gasteiger partial charge >= 0.3 is 12.2 Å². The third kappa shape index (κ3) is 7.95. The number of carbonyl (C=O) groups is 4. The third-order valence-electron chi connectivity index (χ3n) is 12.4. The van der Waals surface area contributed by atoms with E-state index >= 15 is 4.39 Å². The fourth-order valence-electron chi connectivity index (χ4n) is 9.10. The highest BCUT2D eigenvalue weighted by Gasteiger charge is 2.42. The predicted molar refractivity (Wildman–Crippen MR) is 228 cm³/mol. The Kier molecular flexibility index (Phi) is 11.9. The van der Waals surface area contributed by atoms with Crippen molar-refractivity contribution in [1.82, 2.24) is 44.9 Å². The molecular formula is C45H53F2N9O7. The second kappa shape index (κ2) is 17.4. The van der Waals surface area contributed by atoms with Crippen molar-refractivity contribution in [2.24, 2.45) is 11.8 Å². The molecule has 0 spiro atoms. The van der Waals surface area contributed by atoms with E-state index in [2.05, 4.69) is 30.6 Å². The van der Waals surface area contributed by atoms with Gasteiger partial charge in [-0.1, -0.05) is 46.8 Å². The zero-order valence-corrected chi connectivity index (χ0v) is 36.3. The first-order chi connectivity index (χ1) is 30.2. The van der Waals surface area contributed by atoms with E-state index in [9.17, 15) is 23.6 Å². The van der Waals surface area contributed by atoms with Gasteiger partial charge in [0.1, 0.15) is 35.7 Å². The number of ether oxygens (including phenoxy) is 3. The minimum Gasteiger partial charge on any atom is -0.469 e. The molecule has 5 aromatic rings. The molecule has 0 bridgehead atoms. The van der Waals surface area contributed by atoms with Crippen LogP contribution in [0.4, 0.5) is 18.4 Å². The van der Waals surface area contributed by atoms with Crippen molar-refractivity contribution in [3.8, 4) is 39.5 Å². The summed E-state index contributed by atoms with van der Waals surface area (Å²) < 4.78 is 49.7. The number of rotatable bonds is 11. The number of methoxy groups -OCH3 is 2. The zero-order chi connectivity index (χ0) is 44.9. The molecule has 6 unspecified atom stereocenters. The van der Waals surface area contributed by atoms with Gasteiger partial charge in [0.05, 0.1) is 67.8 Å². The fraction of sp³-hybridized carbons (Fsp3) is 0.467. The number of hydrogen-bond donors (Lipinski definition) is 4. The molecule has 8 rings (SSSR count). The molecule has 334 valence electrons. The lowest BCUT2D eigenvalue weighted by atomic mass is 10.0. The number of imidazole rings is 2. The number of nitrogens with zero attached hydrogens (tertiary/aromatic N) is 5. The number of carbonyl (C=O) groups excluding carboxylic acids is 4. The Balaban J connectivity index is 1.05. The lowest BCUT2D eigenvalue weighted by Crippen LogP contribution is -2.51. The topological polar surface area (TPSA) is 189 Å².